The van der Waals surface area contributed by atoms with Gasteiger partial charge in [0.25, 0.3) is 0 Å². The molecule has 1 aromatic rings. The summed E-state index contributed by atoms with van der Waals surface area (Å²) in [6.45, 7) is 7.89. The molecule has 2 rings (SSSR count). The van der Waals surface area contributed by atoms with Gasteiger partial charge < -0.3 is 19.7 Å². The number of likely N-dealkylation sites (N-methyl/N-ethyl adjacent to an activating group) is 1. The first kappa shape index (κ1) is 29.1. The van der Waals surface area contributed by atoms with Crippen LogP contribution in [0.25, 0.3) is 0 Å². The van der Waals surface area contributed by atoms with Gasteiger partial charge in [-0.25, -0.2) is 0 Å². The monoisotopic (exact) mass is 507 g/mol. The molecular formula is C26H41N3O5S. The number of rotatable bonds is 14. The smallest absolute Gasteiger partial charge is 0.311 e. The van der Waals surface area contributed by atoms with Gasteiger partial charge in [-0.3, -0.25) is 9.59 Å². The molecule has 1 aromatic carbocycles. The van der Waals surface area contributed by atoms with E-state index in [0.29, 0.717) is 25.3 Å². The predicted octanol–water partition coefficient (Wildman–Crippen LogP) is 5.37. The number of nitrogens with one attached hydrogen (secondary N) is 1. The normalized spacial score (nSPS) is 15.2. The highest BCUT2D eigenvalue weighted by atomic mass is 32.2. The van der Waals surface area contributed by atoms with Gasteiger partial charge in [0.05, 0.1) is 4.75 Å². The van der Waals surface area contributed by atoms with Gasteiger partial charge in [0.2, 0.25) is 5.91 Å². The Kier molecular flexibility index (Phi) is 12.0. The molecule has 8 nitrogen and oxygen atoms in total. The molecule has 0 heterocycles. The Morgan fingerprint density at radius 1 is 1.14 bits per heavy atom. The lowest BCUT2D eigenvalue weighted by atomic mass is 9.88. The van der Waals surface area contributed by atoms with Crippen LogP contribution in [0.3, 0.4) is 0 Å². The number of benzene rings is 1. The van der Waals surface area contributed by atoms with E-state index in [4.69, 9.17) is 9.47 Å². The third-order valence-electron chi connectivity index (χ3n) is 6.34. The average Bonchev–Trinajstić information content (AvgIpc) is 2.80. The molecule has 1 saturated carbocycles. The molecule has 0 atom stereocenters. The summed E-state index contributed by atoms with van der Waals surface area (Å²) in [5, 5.41) is 2.93. The number of carbonyl (C=O) groups is 2. The lowest BCUT2D eigenvalue weighted by Crippen LogP contribution is -2.41. The van der Waals surface area contributed by atoms with Crippen LogP contribution in [0.5, 0.6) is 11.5 Å². The van der Waals surface area contributed by atoms with E-state index >= 15 is 0 Å². The van der Waals surface area contributed by atoms with Gasteiger partial charge in [0.1, 0.15) is 18.1 Å². The molecule has 0 radical (unpaired) electrons. The number of hydrogen-bond donors (Lipinski definition) is 1. The van der Waals surface area contributed by atoms with Crippen molar-refractivity contribution in [3.63, 3.8) is 0 Å². The van der Waals surface area contributed by atoms with Crippen molar-refractivity contribution < 1.29 is 19.1 Å². The van der Waals surface area contributed by atoms with Crippen LogP contribution in [0, 0.1) is 11.8 Å². The third kappa shape index (κ3) is 9.80. The highest BCUT2D eigenvalue weighted by Crippen LogP contribution is 2.40. The Balaban J connectivity index is 1.84. The largest absolute Gasteiger partial charge is 0.492 e. The lowest BCUT2D eigenvalue weighted by molar-refractivity contribution is -0.134. The summed E-state index contributed by atoms with van der Waals surface area (Å²) < 4.78 is 14.4. The average molecular weight is 508 g/mol. The number of hydrogen-bond acceptors (Lipinski definition) is 8. The number of ether oxygens (including phenoxy) is 2. The van der Waals surface area contributed by atoms with Crippen molar-refractivity contribution in [2.24, 2.45) is 4.58 Å². The minimum Gasteiger partial charge on any atom is -0.492 e. The molecule has 0 saturated heterocycles. The van der Waals surface area contributed by atoms with E-state index in [1.54, 1.807) is 0 Å². The summed E-state index contributed by atoms with van der Waals surface area (Å²) in [6.07, 6.45) is 5.80. The zero-order valence-electron chi connectivity index (χ0n) is 21.9. The van der Waals surface area contributed by atoms with Gasteiger partial charge in [-0.1, -0.05) is 33.1 Å². The minimum atomic E-state index is -0.360. The van der Waals surface area contributed by atoms with Gasteiger partial charge in [-0.15, -0.1) is 4.91 Å². The third-order valence-corrected chi connectivity index (χ3v) is 7.35. The molecule has 1 fully saturated rings. The molecule has 1 aliphatic rings. The van der Waals surface area contributed by atoms with Crippen molar-refractivity contribution >= 4 is 23.8 Å². The first-order chi connectivity index (χ1) is 16.7. The molecule has 0 unspecified atom stereocenters. The van der Waals surface area contributed by atoms with Crippen LogP contribution in [-0.4, -0.2) is 55.3 Å². The number of nitroso groups, excluding NO2 is 1. The van der Waals surface area contributed by atoms with Crippen molar-refractivity contribution in [3.8, 4) is 11.5 Å². The maximum absolute atomic E-state index is 12.5. The van der Waals surface area contributed by atoms with Crippen LogP contribution in [0.15, 0.2) is 16.7 Å². The first-order valence-corrected chi connectivity index (χ1v) is 13.3. The fourth-order valence-electron chi connectivity index (χ4n) is 4.19. The summed E-state index contributed by atoms with van der Waals surface area (Å²) >= 11 is 1.05. The summed E-state index contributed by atoms with van der Waals surface area (Å²) in [5.41, 5.74) is 1.83. The number of aryl methyl sites for hydroxylation is 1. The molecule has 1 aliphatic carbocycles. The molecule has 0 bridgehead atoms. The highest BCUT2D eigenvalue weighted by molar-refractivity contribution is 7.99. The van der Waals surface area contributed by atoms with Gasteiger partial charge in [-0.2, -0.15) is 0 Å². The summed E-state index contributed by atoms with van der Waals surface area (Å²) in [5.74, 6) is 1.08. The molecule has 0 aliphatic heterocycles. The number of esters is 1. The van der Waals surface area contributed by atoms with Crippen molar-refractivity contribution in [2.45, 2.75) is 82.8 Å². The van der Waals surface area contributed by atoms with Gasteiger partial charge in [-0.05, 0) is 63.9 Å². The van der Waals surface area contributed by atoms with E-state index in [0.717, 1.165) is 67.5 Å². The second-order valence-electron chi connectivity index (χ2n) is 9.98. The van der Waals surface area contributed by atoms with E-state index in [1.807, 2.05) is 33.2 Å². The number of carbonyl (C=O) groups excluding carboxylic acids is 2. The van der Waals surface area contributed by atoms with Gasteiger partial charge >= 0.3 is 5.97 Å². The summed E-state index contributed by atoms with van der Waals surface area (Å²) in [7, 11) is 4.00. The van der Waals surface area contributed by atoms with E-state index in [1.165, 1.54) is 0 Å². The van der Waals surface area contributed by atoms with E-state index in [2.05, 4.69) is 28.6 Å². The summed E-state index contributed by atoms with van der Waals surface area (Å²) in [4.78, 5) is 37.7. The van der Waals surface area contributed by atoms with Crippen LogP contribution >= 0.6 is 11.9 Å². The van der Waals surface area contributed by atoms with Crippen LogP contribution in [0.2, 0.25) is 0 Å². The van der Waals surface area contributed by atoms with Gasteiger partial charge in [0.15, 0.2) is 0 Å². The zero-order chi connectivity index (χ0) is 25.8. The van der Waals surface area contributed by atoms with E-state index in [9.17, 15) is 14.5 Å². The Morgan fingerprint density at radius 3 is 2.49 bits per heavy atom. The maximum atomic E-state index is 12.5. The Morgan fingerprint density at radius 2 is 1.86 bits per heavy atom. The van der Waals surface area contributed by atoms with Crippen LogP contribution in [0.1, 0.15) is 82.3 Å². The van der Waals surface area contributed by atoms with Gasteiger partial charge in [0, 0.05) is 48.0 Å². The van der Waals surface area contributed by atoms with Crippen molar-refractivity contribution in [1.29, 1.82) is 0 Å². The Labute approximate surface area is 214 Å². The molecular weight excluding hydrogens is 466 g/mol. The Bertz CT molecular complexity index is 854. The standard InChI is InChI=1S/C26H41N3O5S/c1-19(2)21-17-22(20(3)16-23(21)33-15-14-29(4)5)34-25(31)11-9-10-24(30)27-18-26(35-28-32)12-7-6-8-13-26/h16-17,19H,6-15,18H2,1-5H3,(H,27,30). The second kappa shape index (κ2) is 14.4. The maximum Gasteiger partial charge on any atom is 0.311 e. The molecule has 0 aromatic heterocycles. The lowest BCUT2D eigenvalue weighted by Gasteiger charge is -2.33. The molecule has 0 spiro atoms. The SMILES string of the molecule is Cc1cc(OCCN(C)C)c(C(C)C)cc1OC(=O)CCCC(=O)NCC1(SN=O)CCCCC1. The molecule has 9 heteroatoms. The van der Waals surface area contributed by atoms with Crippen LogP contribution in [0.4, 0.5) is 0 Å². The minimum absolute atomic E-state index is 0.119. The van der Waals surface area contributed by atoms with Crippen LogP contribution in [-0.2, 0) is 9.59 Å². The quantitative estimate of drug-likeness (QED) is 0.156. The van der Waals surface area contributed by atoms with Crippen molar-refractivity contribution in [3.05, 3.63) is 28.2 Å². The van der Waals surface area contributed by atoms with Crippen molar-refractivity contribution in [1.82, 2.24) is 10.2 Å². The number of amides is 1. The first-order valence-electron chi connectivity index (χ1n) is 12.6. The van der Waals surface area contributed by atoms with Crippen molar-refractivity contribution in [2.75, 3.05) is 33.8 Å². The zero-order valence-corrected chi connectivity index (χ0v) is 22.7. The van der Waals surface area contributed by atoms with E-state index < -0.39 is 0 Å². The van der Waals surface area contributed by atoms with E-state index in [-0.39, 0.29) is 35.4 Å². The Hall–Kier alpha value is -2.13. The fraction of sp³-hybridized carbons (Fsp3) is 0.692. The predicted molar refractivity (Wildman–Crippen MR) is 141 cm³/mol. The molecule has 1 amide bonds. The molecule has 196 valence electrons. The second-order valence-corrected chi connectivity index (χ2v) is 11.2. The molecule has 1 N–H and O–H groups in total. The fourth-order valence-corrected chi connectivity index (χ4v) is 4.96. The topological polar surface area (TPSA) is 97.3 Å². The number of nitrogens with zero attached hydrogens (tertiary/aromatic N) is 2. The summed E-state index contributed by atoms with van der Waals surface area (Å²) in [6, 6.07) is 3.81. The molecule has 35 heavy (non-hydrogen) atoms. The van der Waals surface area contributed by atoms with Crippen LogP contribution < -0.4 is 14.8 Å². The highest BCUT2D eigenvalue weighted by Gasteiger charge is 2.34.